The van der Waals surface area contributed by atoms with Gasteiger partial charge in [-0.15, -0.1) is 0 Å². The lowest BCUT2D eigenvalue weighted by Crippen LogP contribution is -2.21. The van der Waals surface area contributed by atoms with E-state index in [0.717, 1.165) is 0 Å². The molecule has 0 atom stereocenters. The van der Waals surface area contributed by atoms with Crippen LogP contribution in [-0.4, -0.2) is 62.9 Å². The van der Waals surface area contributed by atoms with E-state index in [1.165, 1.54) is 14.2 Å². The average molecular weight is 362 g/mol. The molecule has 0 N–H and O–H groups in total. The molecule has 0 aliphatic heterocycles. The van der Waals surface area contributed by atoms with Crippen LogP contribution in [0.4, 0.5) is 0 Å². The van der Waals surface area contributed by atoms with Crippen molar-refractivity contribution < 1.29 is 47.7 Å². The number of hydrogen-bond donors (Lipinski definition) is 0. The predicted molar refractivity (Wildman–Crippen MR) is 81.2 cm³/mol. The summed E-state index contributed by atoms with van der Waals surface area (Å²) in [6.07, 6.45) is -1.32. The summed E-state index contributed by atoms with van der Waals surface area (Å²) in [5.41, 5.74) is 0. The molecule has 10 nitrogen and oxygen atoms in total. The highest BCUT2D eigenvalue weighted by Gasteiger charge is 2.19. The minimum Gasteiger partial charge on any atom is -0.469 e. The summed E-state index contributed by atoms with van der Waals surface area (Å²) < 4.78 is 17.3. The van der Waals surface area contributed by atoms with Gasteiger partial charge in [-0.2, -0.15) is 0 Å². The van der Waals surface area contributed by atoms with Crippen LogP contribution in [0, 0.1) is 0 Å². The van der Waals surface area contributed by atoms with Gasteiger partial charge in [0.25, 0.3) is 5.78 Å². The summed E-state index contributed by atoms with van der Waals surface area (Å²) in [6.45, 7) is 3.50. The third-order valence-electron chi connectivity index (χ3n) is 2.25. The molecule has 10 heteroatoms. The Hall–Kier alpha value is -2.78. The maximum Gasteiger partial charge on any atom is 0.375 e. The molecule has 0 rings (SSSR count). The second-order valence-corrected chi connectivity index (χ2v) is 4.17. The van der Waals surface area contributed by atoms with Gasteiger partial charge < -0.3 is 18.9 Å². The number of carbonyl (C=O) groups is 6. The van der Waals surface area contributed by atoms with Crippen LogP contribution in [0.2, 0.25) is 0 Å². The van der Waals surface area contributed by atoms with Crippen molar-refractivity contribution in [1.29, 1.82) is 0 Å². The zero-order chi connectivity index (χ0) is 19.8. The van der Waals surface area contributed by atoms with Crippen LogP contribution in [0.25, 0.3) is 0 Å². The molecule has 0 aromatic heterocycles. The molecule has 142 valence electrons. The minimum atomic E-state index is -0.990. The van der Waals surface area contributed by atoms with Crippen molar-refractivity contribution in [2.24, 2.45) is 0 Å². The first kappa shape index (κ1) is 24.5. The number of ether oxygens (including phenoxy) is 4. The van der Waals surface area contributed by atoms with E-state index in [1.807, 2.05) is 0 Å². The van der Waals surface area contributed by atoms with Crippen LogP contribution in [0.1, 0.15) is 33.1 Å². The number of hydrogen-bond acceptors (Lipinski definition) is 10. The minimum absolute atomic E-state index is 0.118. The fraction of sp³-hybridized carbons (Fsp3) is 0.600. The van der Waals surface area contributed by atoms with Crippen LogP contribution in [-0.2, 0) is 47.7 Å². The Morgan fingerprint density at radius 3 is 1.44 bits per heavy atom. The molecule has 0 aromatic rings. The van der Waals surface area contributed by atoms with Crippen molar-refractivity contribution in [3.63, 3.8) is 0 Å². The van der Waals surface area contributed by atoms with Crippen molar-refractivity contribution in [1.82, 2.24) is 0 Å². The topological polar surface area (TPSA) is 139 Å². The predicted octanol–water partition coefficient (Wildman–Crippen LogP) is -0.246. The Labute approximate surface area is 144 Å². The lowest BCUT2D eigenvalue weighted by Gasteiger charge is -2.00. The average Bonchev–Trinajstić information content (AvgIpc) is 2.55. The van der Waals surface area contributed by atoms with Crippen LogP contribution < -0.4 is 0 Å². The van der Waals surface area contributed by atoms with E-state index in [-0.39, 0.29) is 26.1 Å². The Morgan fingerprint density at radius 1 is 0.640 bits per heavy atom. The Bertz CT molecular complexity index is 475. The van der Waals surface area contributed by atoms with E-state index in [9.17, 15) is 28.8 Å². The SMILES string of the molecule is CCOC(=O)CC(=O)C(=O)OCC.COC(=O)CC(=O)CC(=O)OC. The van der Waals surface area contributed by atoms with Gasteiger partial charge in [-0.05, 0) is 13.8 Å². The van der Waals surface area contributed by atoms with Crippen LogP contribution >= 0.6 is 0 Å². The van der Waals surface area contributed by atoms with Crippen molar-refractivity contribution in [3.8, 4) is 0 Å². The third-order valence-corrected chi connectivity index (χ3v) is 2.25. The molecule has 0 fully saturated rings. The molecule has 25 heavy (non-hydrogen) atoms. The van der Waals surface area contributed by atoms with E-state index in [0.29, 0.717) is 0 Å². The maximum absolute atomic E-state index is 10.8. The van der Waals surface area contributed by atoms with Crippen LogP contribution in [0.15, 0.2) is 0 Å². The van der Waals surface area contributed by atoms with Gasteiger partial charge in [-0.25, -0.2) is 4.79 Å². The molecule has 0 saturated carbocycles. The lowest BCUT2D eigenvalue weighted by molar-refractivity contribution is -0.157. The highest BCUT2D eigenvalue weighted by molar-refractivity contribution is 6.36. The number of rotatable bonds is 9. The first-order valence-corrected chi connectivity index (χ1v) is 7.22. The summed E-state index contributed by atoms with van der Waals surface area (Å²) in [5.74, 6) is -4.38. The van der Waals surface area contributed by atoms with Gasteiger partial charge in [0.2, 0.25) is 0 Å². The van der Waals surface area contributed by atoms with Gasteiger partial charge in [0.1, 0.15) is 19.3 Å². The highest BCUT2D eigenvalue weighted by atomic mass is 16.5. The quantitative estimate of drug-likeness (QED) is 0.233. The van der Waals surface area contributed by atoms with E-state index < -0.39 is 41.9 Å². The van der Waals surface area contributed by atoms with Crippen LogP contribution in [0.5, 0.6) is 0 Å². The molecule has 0 bridgehead atoms. The molecule has 0 heterocycles. The van der Waals surface area contributed by atoms with E-state index in [4.69, 9.17) is 0 Å². The number of esters is 4. The molecular formula is C15H22O10. The molecule has 0 radical (unpaired) electrons. The monoisotopic (exact) mass is 362 g/mol. The van der Waals surface area contributed by atoms with E-state index >= 15 is 0 Å². The molecule has 0 unspecified atom stereocenters. The fourth-order valence-electron chi connectivity index (χ4n) is 1.16. The van der Waals surface area contributed by atoms with Crippen molar-refractivity contribution in [2.45, 2.75) is 33.1 Å². The van der Waals surface area contributed by atoms with Crippen molar-refractivity contribution >= 4 is 35.4 Å². The molecule has 0 aliphatic carbocycles. The number of Topliss-reactive ketones (excluding diaryl/α,β-unsaturated/α-hetero) is 2. The zero-order valence-electron chi connectivity index (χ0n) is 14.6. The standard InChI is InChI=1S/C8H12O5.C7H10O5/c1-3-12-7(10)5-6(9)8(11)13-4-2;1-11-6(9)3-5(8)4-7(10)12-2/h3-5H2,1-2H3;3-4H2,1-2H3. The Morgan fingerprint density at radius 2 is 1.08 bits per heavy atom. The van der Waals surface area contributed by atoms with E-state index in [2.05, 4.69) is 18.9 Å². The van der Waals surface area contributed by atoms with Gasteiger partial charge in [-0.3, -0.25) is 24.0 Å². The molecule has 0 aliphatic rings. The Balaban J connectivity index is 0. The fourth-order valence-corrected chi connectivity index (χ4v) is 1.16. The van der Waals surface area contributed by atoms with Crippen LogP contribution in [0.3, 0.4) is 0 Å². The summed E-state index contributed by atoms with van der Waals surface area (Å²) in [7, 11) is 2.35. The smallest absolute Gasteiger partial charge is 0.375 e. The molecular weight excluding hydrogens is 340 g/mol. The van der Waals surface area contributed by atoms with Crippen molar-refractivity contribution in [3.05, 3.63) is 0 Å². The molecule has 0 saturated heterocycles. The van der Waals surface area contributed by atoms with Crippen molar-refractivity contribution in [2.75, 3.05) is 27.4 Å². The van der Waals surface area contributed by atoms with Gasteiger partial charge in [0.15, 0.2) is 5.78 Å². The van der Waals surface area contributed by atoms with Gasteiger partial charge in [0, 0.05) is 0 Å². The second kappa shape index (κ2) is 14.8. The lowest BCUT2D eigenvalue weighted by atomic mass is 10.2. The van der Waals surface area contributed by atoms with Gasteiger partial charge in [0.05, 0.1) is 27.4 Å². The number of carbonyl (C=O) groups excluding carboxylic acids is 6. The van der Waals surface area contributed by atoms with Gasteiger partial charge in [-0.1, -0.05) is 0 Å². The maximum atomic E-state index is 10.8. The highest BCUT2D eigenvalue weighted by Crippen LogP contribution is 1.94. The molecule has 0 aromatic carbocycles. The largest absolute Gasteiger partial charge is 0.469 e. The Kier molecular flexibility index (Phi) is 14.5. The van der Waals surface area contributed by atoms with E-state index in [1.54, 1.807) is 13.8 Å². The molecule has 0 amide bonds. The normalized spacial score (nSPS) is 8.96. The first-order valence-electron chi connectivity index (χ1n) is 7.22. The third kappa shape index (κ3) is 14.5. The van der Waals surface area contributed by atoms with Gasteiger partial charge >= 0.3 is 23.9 Å². The number of methoxy groups -OCH3 is 2. The first-order chi connectivity index (χ1) is 11.7. The second-order valence-electron chi connectivity index (χ2n) is 4.17. The number of ketones is 2. The summed E-state index contributed by atoms with van der Waals surface area (Å²) in [4.78, 5) is 64.0. The summed E-state index contributed by atoms with van der Waals surface area (Å²) in [6, 6.07) is 0. The summed E-state index contributed by atoms with van der Waals surface area (Å²) >= 11 is 0. The zero-order valence-corrected chi connectivity index (χ0v) is 14.6. The summed E-state index contributed by atoms with van der Waals surface area (Å²) in [5, 5.41) is 0. The molecule has 0 spiro atoms.